The van der Waals surface area contributed by atoms with Crippen molar-refractivity contribution < 1.29 is 4.79 Å². The summed E-state index contributed by atoms with van der Waals surface area (Å²) in [5.41, 5.74) is 0. The summed E-state index contributed by atoms with van der Waals surface area (Å²) < 4.78 is 0. The molecule has 106 valence electrons. The van der Waals surface area contributed by atoms with Gasteiger partial charge in [-0.2, -0.15) is 0 Å². The van der Waals surface area contributed by atoms with E-state index in [1.165, 1.54) is 0 Å². The second-order valence-corrected chi connectivity index (χ2v) is 5.79. The number of hydrogen-bond acceptors (Lipinski definition) is 3. The zero-order valence-electron chi connectivity index (χ0n) is 10.6. The summed E-state index contributed by atoms with van der Waals surface area (Å²) in [7, 11) is 0. The Morgan fingerprint density at radius 1 is 1.26 bits per heavy atom. The Balaban J connectivity index is 0.00000180. The maximum absolute atomic E-state index is 11.9. The molecule has 1 saturated heterocycles. The minimum absolute atomic E-state index is 0. The number of nitrogens with zero attached hydrogens (tertiary/aromatic N) is 1. The Morgan fingerprint density at radius 3 is 2.53 bits per heavy atom. The molecule has 0 saturated carbocycles. The van der Waals surface area contributed by atoms with Gasteiger partial charge >= 0.3 is 0 Å². The highest BCUT2D eigenvalue weighted by molar-refractivity contribution is 7.99. The molecule has 0 aromatic heterocycles. The van der Waals surface area contributed by atoms with Crippen molar-refractivity contribution in [3.05, 3.63) is 29.3 Å². The lowest BCUT2D eigenvalue weighted by Gasteiger charge is -2.27. The Hall–Kier alpha value is -0.420. The highest BCUT2D eigenvalue weighted by Gasteiger charge is 2.15. The van der Waals surface area contributed by atoms with Crippen LogP contribution >= 0.6 is 35.8 Å². The summed E-state index contributed by atoms with van der Waals surface area (Å²) in [5.74, 6) is 1.09. The maximum atomic E-state index is 11.9. The lowest BCUT2D eigenvalue weighted by atomic mass is 10.3. The molecule has 1 aromatic rings. The van der Waals surface area contributed by atoms with E-state index < -0.39 is 0 Å². The van der Waals surface area contributed by atoms with Crippen LogP contribution in [-0.2, 0) is 4.79 Å². The summed E-state index contributed by atoms with van der Waals surface area (Å²) in [6.07, 6.45) is 0.604. The van der Waals surface area contributed by atoms with Gasteiger partial charge in [0.2, 0.25) is 5.91 Å². The molecular formula is C13H18Cl2N2OS. The van der Waals surface area contributed by atoms with E-state index in [0.29, 0.717) is 6.42 Å². The topological polar surface area (TPSA) is 32.3 Å². The number of nitrogens with one attached hydrogen (secondary N) is 1. The van der Waals surface area contributed by atoms with E-state index in [4.69, 9.17) is 11.6 Å². The van der Waals surface area contributed by atoms with Crippen molar-refractivity contribution in [1.82, 2.24) is 10.2 Å². The van der Waals surface area contributed by atoms with Crippen LogP contribution in [-0.4, -0.2) is 42.7 Å². The molecule has 0 bridgehead atoms. The normalized spacial score (nSPS) is 14.9. The highest BCUT2D eigenvalue weighted by Crippen LogP contribution is 2.21. The molecule has 0 aliphatic carbocycles. The molecular weight excluding hydrogens is 303 g/mol. The number of hydrogen-bond donors (Lipinski definition) is 1. The number of piperazine rings is 1. The predicted molar refractivity (Wildman–Crippen MR) is 83.5 cm³/mol. The molecule has 3 nitrogen and oxygen atoms in total. The quantitative estimate of drug-likeness (QED) is 0.866. The lowest BCUT2D eigenvalue weighted by molar-refractivity contribution is -0.131. The Bertz CT molecular complexity index is 394. The van der Waals surface area contributed by atoms with Crippen LogP contribution in [0.25, 0.3) is 0 Å². The van der Waals surface area contributed by atoms with Gasteiger partial charge in [0.25, 0.3) is 0 Å². The third-order valence-electron chi connectivity index (χ3n) is 2.87. The van der Waals surface area contributed by atoms with E-state index in [1.807, 2.05) is 29.2 Å². The van der Waals surface area contributed by atoms with Gasteiger partial charge in [0.15, 0.2) is 0 Å². The minimum atomic E-state index is 0. The van der Waals surface area contributed by atoms with Crippen molar-refractivity contribution in [3.63, 3.8) is 0 Å². The zero-order valence-corrected chi connectivity index (χ0v) is 13.0. The third kappa shape index (κ3) is 5.61. The first-order valence-corrected chi connectivity index (χ1v) is 7.49. The first-order chi connectivity index (χ1) is 8.75. The Morgan fingerprint density at radius 2 is 1.89 bits per heavy atom. The first kappa shape index (κ1) is 16.6. The van der Waals surface area contributed by atoms with Crippen LogP contribution in [0.3, 0.4) is 0 Å². The molecule has 0 spiro atoms. The molecule has 0 atom stereocenters. The average molecular weight is 321 g/mol. The van der Waals surface area contributed by atoms with Gasteiger partial charge in [-0.3, -0.25) is 4.79 Å². The highest BCUT2D eigenvalue weighted by atomic mass is 35.5. The number of benzene rings is 1. The van der Waals surface area contributed by atoms with E-state index >= 15 is 0 Å². The smallest absolute Gasteiger partial charge is 0.223 e. The first-order valence-electron chi connectivity index (χ1n) is 6.12. The van der Waals surface area contributed by atoms with Crippen LogP contribution < -0.4 is 5.32 Å². The fraction of sp³-hybridized carbons (Fsp3) is 0.462. The Kier molecular flexibility index (Phi) is 7.61. The number of carbonyl (C=O) groups is 1. The molecule has 6 heteroatoms. The molecule has 19 heavy (non-hydrogen) atoms. The van der Waals surface area contributed by atoms with Gasteiger partial charge in [0.05, 0.1) is 0 Å². The molecule has 1 aliphatic heterocycles. The number of rotatable bonds is 4. The molecule has 1 N–H and O–H groups in total. The molecule has 2 rings (SSSR count). The summed E-state index contributed by atoms with van der Waals surface area (Å²) in [6.45, 7) is 3.50. The zero-order chi connectivity index (χ0) is 12.8. The van der Waals surface area contributed by atoms with Crippen LogP contribution in [0.2, 0.25) is 5.02 Å². The minimum Gasteiger partial charge on any atom is -0.340 e. The molecule has 1 heterocycles. The van der Waals surface area contributed by atoms with Gasteiger partial charge in [-0.15, -0.1) is 24.2 Å². The number of thioether (sulfide) groups is 1. The summed E-state index contributed by atoms with van der Waals surface area (Å²) in [5, 5.41) is 3.99. The third-order valence-corrected chi connectivity index (χ3v) is 4.13. The van der Waals surface area contributed by atoms with Crippen molar-refractivity contribution in [1.29, 1.82) is 0 Å². The molecule has 1 fully saturated rings. The van der Waals surface area contributed by atoms with Crippen molar-refractivity contribution in [3.8, 4) is 0 Å². The molecule has 0 radical (unpaired) electrons. The van der Waals surface area contributed by atoms with Crippen LogP contribution in [0.5, 0.6) is 0 Å². The van der Waals surface area contributed by atoms with Crippen molar-refractivity contribution >= 4 is 41.7 Å². The fourth-order valence-corrected chi connectivity index (χ4v) is 2.83. The lowest BCUT2D eigenvalue weighted by Crippen LogP contribution is -2.46. The fourth-order valence-electron chi connectivity index (χ4n) is 1.86. The van der Waals surface area contributed by atoms with Gasteiger partial charge in [0, 0.05) is 48.3 Å². The van der Waals surface area contributed by atoms with E-state index in [0.717, 1.165) is 41.8 Å². The predicted octanol–water partition coefficient (Wildman–Crippen LogP) is 2.68. The average Bonchev–Trinajstić information content (AvgIpc) is 2.42. The second-order valence-electron chi connectivity index (χ2n) is 4.18. The summed E-state index contributed by atoms with van der Waals surface area (Å²) >= 11 is 7.52. The van der Waals surface area contributed by atoms with E-state index in [9.17, 15) is 4.79 Å². The molecule has 1 aliphatic rings. The molecule has 0 unspecified atom stereocenters. The SMILES string of the molecule is Cl.O=C(CCSc1ccc(Cl)cc1)N1CCNCC1. The Labute approximate surface area is 129 Å². The van der Waals surface area contributed by atoms with Gasteiger partial charge in [-0.25, -0.2) is 0 Å². The van der Waals surface area contributed by atoms with Crippen LogP contribution in [0.15, 0.2) is 29.2 Å². The number of carbonyl (C=O) groups excluding carboxylic acids is 1. The van der Waals surface area contributed by atoms with Crippen molar-refractivity contribution in [2.45, 2.75) is 11.3 Å². The number of halogens is 2. The van der Waals surface area contributed by atoms with Crippen LogP contribution in [0.4, 0.5) is 0 Å². The summed E-state index contributed by atoms with van der Waals surface area (Å²) in [4.78, 5) is 15.0. The largest absolute Gasteiger partial charge is 0.340 e. The van der Waals surface area contributed by atoms with E-state index in [1.54, 1.807) is 11.8 Å². The monoisotopic (exact) mass is 320 g/mol. The van der Waals surface area contributed by atoms with Crippen LogP contribution in [0.1, 0.15) is 6.42 Å². The van der Waals surface area contributed by atoms with Gasteiger partial charge in [-0.1, -0.05) is 11.6 Å². The molecule has 1 amide bonds. The summed E-state index contributed by atoms with van der Waals surface area (Å²) in [6, 6.07) is 7.73. The van der Waals surface area contributed by atoms with E-state index in [2.05, 4.69) is 5.32 Å². The number of amides is 1. The van der Waals surface area contributed by atoms with Crippen molar-refractivity contribution in [2.75, 3.05) is 31.9 Å². The van der Waals surface area contributed by atoms with Gasteiger partial charge < -0.3 is 10.2 Å². The van der Waals surface area contributed by atoms with Crippen molar-refractivity contribution in [2.24, 2.45) is 0 Å². The maximum Gasteiger partial charge on any atom is 0.223 e. The van der Waals surface area contributed by atoms with Gasteiger partial charge in [0.1, 0.15) is 0 Å². The second kappa shape index (κ2) is 8.69. The van der Waals surface area contributed by atoms with E-state index in [-0.39, 0.29) is 18.3 Å². The van der Waals surface area contributed by atoms with Crippen LogP contribution in [0, 0.1) is 0 Å². The molecule has 1 aromatic carbocycles. The standard InChI is InChI=1S/C13H17ClN2OS.ClH/c14-11-1-3-12(4-2-11)18-10-5-13(17)16-8-6-15-7-9-16;/h1-4,15H,5-10H2;1H. The van der Waals surface area contributed by atoms with Gasteiger partial charge in [-0.05, 0) is 24.3 Å².